The number of hydrogen-bond donors (Lipinski definition) is 0. The molecule has 2 atom stereocenters. The fraction of sp³-hybridized carbons (Fsp3) is 0.318. The van der Waals surface area contributed by atoms with Gasteiger partial charge in [0.2, 0.25) is 0 Å². The molecule has 2 aromatic rings. The van der Waals surface area contributed by atoms with Crippen LogP contribution in [0.1, 0.15) is 23.1 Å². The van der Waals surface area contributed by atoms with Crippen molar-refractivity contribution in [1.29, 1.82) is 0 Å². The third-order valence-corrected chi connectivity index (χ3v) is 5.56. The number of carbonyl (C=O) groups is 1. The van der Waals surface area contributed by atoms with Gasteiger partial charge in [-0.3, -0.25) is 4.90 Å². The summed E-state index contributed by atoms with van der Waals surface area (Å²) in [5.74, 6) is 0. The van der Waals surface area contributed by atoms with Crippen LogP contribution in [0.4, 0.5) is 4.79 Å². The second-order valence-electron chi connectivity index (χ2n) is 7.07. The largest absolute Gasteiger partial charge is 0.445 e. The SMILES string of the molecule is Cc1ccc(C2=CC3COCC(C2)N3C(=O)OCc2ccccc2)cc1Cl. The summed E-state index contributed by atoms with van der Waals surface area (Å²) in [4.78, 5) is 14.5. The van der Waals surface area contributed by atoms with E-state index in [4.69, 9.17) is 21.1 Å². The predicted molar refractivity (Wildman–Crippen MR) is 106 cm³/mol. The molecule has 2 aliphatic heterocycles. The van der Waals surface area contributed by atoms with Crippen LogP contribution < -0.4 is 0 Å². The maximum atomic E-state index is 12.7. The van der Waals surface area contributed by atoms with Crippen molar-refractivity contribution < 1.29 is 14.3 Å². The van der Waals surface area contributed by atoms with E-state index in [2.05, 4.69) is 12.1 Å². The van der Waals surface area contributed by atoms with Gasteiger partial charge in [0.1, 0.15) is 6.61 Å². The maximum absolute atomic E-state index is 12.7. The van der Waals surface area contributed by atoms with Crippen LogP contribution in [-0.2, 0) is 16.1 Å². The van der Waals surface area contributed by atoms with E-state index in [1.165, 1.54) is 5.57 Å². The van der Waals surface area contributed by atoms with Gasteiger partial charge >= 0.3 is 6.09 Å². The van der Waals surface area contributed by atoms with Gasteiger partial charge in [-0.25, -0.2) is 4.79 Å². The molecule has 1 amide bonds. The number of nitrogens with zero attached hydrogens (tertiary/aromatic N) is 1. The summed E-state index contributed by atoms with van der Waals surface area (Å²) >= 11 is 6.30. The van der Waals surface area contributed by atoms with Gasteiger partial charge in [0.15, 0.2) is 0 Å². The zero-order valence-electron chi connectivity index (χ0n) is 15.2. The Morgan fingerprint density at radius 1 is 1.22 bits per heavy atom. The third-order valence-electron chi connectivity index (χ3n) is 5.16. The fourth-order valence-electron chi connectivity index (χ4n) is 3.68. The van der Waals surface area contributed by atoms with Crippen molar-refractivity contribution in [2.45, 2.75) is 32.0 Å². The number of halogens is 1. The Labute approximate surface area is 164 Å². The van der Waals surface area contributed by atoms with Gasteiger partial charge in [0.25, 0.3) is 0 Å². The topological polar surface area (TPSA) is 38.8 Å². The molecule has 140 valence electrons. The number of amides is 1. The van der Waals surface area contributed by atoms with Gasteiger partial charge in [-0.15, -0.1) is 0 Å². The molecule has 4 nitrogen and oxygen atoms in total. The minimum Gasteiger partial charge on any atom is -0.445 e. The van der Waals surface area contributed by atoms with E-state index >= 15 is 0 Å². The third kappa shape index (κ3) is 3.87. The van der Waals surface area contributed by atoms with Gasteiger partial charge in [0.05, 0.1) is 25.3 Å². The molecule has 1 fully saturated rings. The number of aryl methyl sites for hydroxylation is 1. The highest BCUT2D eigenvalue weighted by Crippen LogP contribution is 2.34. The van der Waals surface area contributed by atoms with Crippen molar-refractivity contribution in [2.75, 3.05) is 13.2 Å². The molecule has 0 spiro atoms. The van der Waals surface area contributed by atoms with Gasteiger partial charge < -0.3 is 9.47 Å². The summed E-state index contributed by atoms with van der Waals surface area (Å²) in [5, 5.41) is 0.763. The van der Waals surface area contributed by atoms with E-state index in [-0.39, 0.29) is 24.8 Å². The number of ether oxygens (including phenoxy) is 2. The van der Waals surface area contributed by atoms with Gasteiger partial charge in [-0.05, 0) is 41.7 Å². The van der Waals surface area contributed by atoms with Crippen LogP contribution in [0.25, 0.3) is 5.57 Å². The number of benzene rings is 2. The molecule has 0 saturated carbocycles. The molecule has 1 saturated heterocycles. The van der Waals surface area contributed by atoms with E-state index in [1.807, 2.05) is 54.3 Å². The maximum Gasteiger partial charge on any atom is 0.411 e. The Morgan fingerprint density at radius 3 is 2.78 bits per heavy atom. The zero-order chi connectivity index (χ0) is 18.8. The first-order valence-electron chi connectivity index (χ1n) is 9.16. The lowest BCUT2D eigenvalue weighted by molar-refractivity contribution is -0.0342. The highest BCUT2D eigenvalue weighted by Gasteiger charge is 2.39. The molecule has 2 aromatic carbocycles. The Bertz CT molecular complexity index is 865. The molecule has 2 aliphatic rings. The molecule has 4 rings (SSSR count). The number of fused-ring (bicyclic) bond motifs is 2. The molecule has 0 aromatic heterocycles. The Kier molecular flexibility index (Phi) is 5.19. The monoisotopic (exact) mass is 383 g/mol. The predicted octanol–water partition coefficient (Wildman–Crippen LogP) is 4.84. The lowest BCUT2D eigenvalue weighted by atomic mass is 9.90. The highest BCUT2D eigenvalue weighted by atomic mass is 35.5. The number of hydrogen-bond acceptors (Lipinski definition) is 3. The average molecular weight is 384 g/mol. The van der Waals surface area contributed by atoms with E-state index < -0.39 is 0 Å². The van der Waals surface area contributed by atoms with Crippen molar-refractivity contribution in [1.82, 2.24) is 4.90 Å². The van der Waals surface area contributed by atoms with Crippen LogP contribution >= 0.6 is 11.6 Å². The molecule has 2 unspecified atom stereocenters. The van der Waals surface area contributed by atoms with Crippen LogP contribution in [0, 0.1) is 6.92 Å². The molecule has 5 heteroatoms. The van der Waals surface area contributed by atoms with Crippen LogP contribution in [0.15, 0.2) is 54.6 Å². The van der Waals surface area contributed by atoms with Crippen LogP contribution in [0.2, 0.25) is 5.02 Å². The molecule has 0 radical (unpaired) electrons. The quantitative estimate of drug-likeness (QED) is 0.761. The number of carbonyl (C=O) groups excluding carboxylic acids is 1. The molecular weight excluding hydrogens is 362 g/mol. The standard InChI is InChI=1S/C22H22ClNO3/c1-15-7-8-17(11-21(15)23)18-9-19-13-26-14-20(10-18)24(19)22(25)27-12-16-5-3-2-4-6-16/h2-9,11,19-20H,10,12-14H2,1H3. The first kappa shape index (κ1) is 18.1. The molecule has 27 heavy (non-hydrogen) atoms. The molecule has 2 heterocycles. The fourth-order valence-corrected chi connectivity index (χ4v) is 3.86. The minimum absolute atomic E-state index is 0.0212. The Morgan fingerprint density at radius 2 is 2.04 bits per heavy atom. The second-order valence-corrected chi connectivity index (χ2v) is 7.47. The normalized spacial score (nSPS) is 21.6. The summed E-state index contributed by atoms with van der Waals surface area (Å²) in [7, 11) is 0. The lowest BCUT2D eigenvalue weighted by Crippen LogP contribution is -2.56. The highest BCUT2D eigenvalue weighted by molar-refractivity contribution is 6.31. The van der Waals surface area contributed by atoms with Crippen molar-refractivity contribution in [3.63, 3.8) is 0 Å². The van der Waals surface area contributed by atoms with Crippen molar-refractivity contribution in [3.05, 3.63) is 76.3 Å². The minimum atomic E-state index is -0.283. The van der Waals surface area contributed by atoms with E-state index in [0.717, 1.165) is 28.1 Å². The first-order chi connectivity index (χ1) is 13.1. The number of rotatable bonds is 3. The second kappa shape index (κ2) is 7.75. The lowest BCUT2D eigenvalue weighted by Gasteiger charge is -2.43. The van der Waals surface area contributed by atoms with Gasteiger partial charge in [-0.2, -0.15) is 0 Å². The van der Waals surface area contributed by atoms with Crippen LogP contribution in [0.5, 0.6) is 0 Å². The summed E-state index contributed by atoms with van der Waals surface area (Å²) in [6.07, 6.45) is 2.56. The summed E-state index contributed by atoms with van der Waals surface area (Å²) in [5.41, 5.74) is 4.36. The van der Waals surface area contributed by atoms with E-state index in [1.54, 1.807) is 0 Å². The average Bonchev–Trinajstić information content (AvgIpc) is 2.68. The van der Waals surface area contributed by atoms with Gasteiger partial charge in [-0.1, -0.05) is 60.1 Å². The molecule has 0 N–H and O–H groups in total. The van der Waals surface area contributed by atoms with E-state index in [9.17, 15) is 4.79 Å². The number of morpholine rings is 1. The van der Waals surface area contributed by atoms with E-state index in [0.29, 0.717) is 13.2 Å². The molecule has 2 bridgehead atoms. The zero-order valence-corrected chi connectivity index (χ0v) is 16.0. The molecular formula is C22H22ClNO3. The van der Waals surface area contributed by atoms with Crippen LogP contribution in [0.3, 0.4) is 0 Å². The molecule has 0 aliphatic carbocycles. The van der Waals surface area contributed by atoms with Crippen molar-refractivity contribution >= 4 is 23.3 Å². The van der Waals surface area contributed by atoms with Crippen molar-refractivity contribution in [3.8, 4) is 0 Å². The van der Waals surface area contributed by atoms with Crippen LogP contribution in [-0.4, -0.2) is 36.3 Å². The first-order valence-corrected chi connectivity index (χ1v) is 9.53. The Balaban J connectivity index is 1.51. The smallest absolute Gasteiger partial charge is 0.411 e. The summed E-state index contributed by atoms with van der Waals surface area (Å²) in [6.45, 7) is 3.28. The Hall–Kier alpha value is -2.30. The van der Waals surface area contributed by atoms with Crippen molar-refractivity contribution in [2.24, 2.45) is 0 Å². The van der Waals surface area contributed by atoms with Gasteiger partial charge in [0, 0.05) is 5.02 Å². The summed E-state index contributed by atoms with van der Waals surface area (Å²) in [6, 6.07) is 15.7. The summed E-state index contributed by atoms with van der Waals surface area (Å²) < 4.78 is 11.2.